The Morgan fingerprint density at radius 2 is 1.79 bits per heavy atom. The molecular formula is C31H46N4O6S. The van der Waals surface area contributed by atoms with Crippen molar-refractivity contribution in [2.45, 2.75) is 69.5 Å². The van der Waals surface area contributed by atoms with Gasteiger partial charge in [-0.15, -0.1) is 0 Å². The monoisotopic (exact) mass is 602 g/mol. The van der Waals surface area contributed by atoms with E-state index < -0.39 is 21.7 Å². The maximum atomic E-state index is 12.6. The Morgan fingerprint density at radius 1 is 1.02 bits per heavy atom. The van der Waals surface area contributed by atoms with E-state index in [4.69, 9.17) is 4.74 Å². The van der Waals surface area contributed by atoms with Gasteiger partial charge in [0, 0.05) is 43.2 Å². The molecular weight excluding hydrogens is 556 g/mol. The van der Waals surface area contributed by atoms with E-state index in [9.17, 15) is 23.4 Å². The Kier molecular flexibility index (Phi) is 12.5. The number of aromatic hydroxyl groups is 1. The highest BCUT2D eigenvalue weighted by atomic mass is 32.2. The van der Waals surface area contributed by atoms with Crippen LogP contribution < -0.4 is 15.6 Å². The summed E-state index contributed by atoms with van der Waals surface area (Å²) in [5.74, 6) is -0.0205. The molecule has 0 fully saturated rings. The number of pyridine rings is 1. The second-order valence-electron chi connectivity index (χ2n) is 11.8. The molecule has 1 atom stereocenters. The van der Waals surface area contributed by atoms with Crippen LogP contribution in [0.2, 0.25) is 0 Å². The predicted octanol–water partition coefficient (Wildman–Crippen LogP) is 3.64. The number of hydrogen-bond donors (Lipinski definition) is 5. The van der Waals surface area contributed by atoms with Crippen molar-refractivity contribution in [3.05, 3.63) is 70.0 Å². The quantitative estimate of drug-likeness (QED) is 0.147. The molecule has 1 heterocycles. The van der Waals surface area contributed by atoms with Gasteiger partial charge in [-0.2, -0.15) is 0 Å². The molecule has 0 bridgehead atoms. The molecule has 0 aliphatic rings. The number of nitrogens with one attached hydrogen (secondary N) is 3. The van der Waals surface area contributed by atoms with Crippen LogP contribution in [-0.4, -0.2) is 73.9 Å². The number of aliphatic hydroxyl groups excluding tert-OH is 1. The number of fused-ring (bicyclic) bond motifs is 1. The van der Waals surface area contributed by atoms with Gasteiger partial charge < -0.3 is 25.3 Å². The van der Waals surface area contributed by atoms with Gasteiger partial charge in [0.1, 0.15) is 5.75 Å². The fraction of sp³-hybridized carbons (Fsp3) is 0.516. The third-order valence-electron chi connectivity index (χ3n) is 6.71. The minimum Gasteiger partial charge on any atom is -0.506 e. The number of aromatic nitrogens is 1. The van der Waals surface area contributed by atoms with Crippen LogP contribution in [0.25, 0.3) is 10.9 Å². The fourth-order valence-electron chi connectivity index (χ4n) is 4.69. The van der Waals surface area contributed by atoms with Crippen molar-refractivity contribution in [3.63, 3.8) is 0 Å². The van der Waals surface area contributed by atoms with Crippen molar-refractivity contribution < 1.29 is 23.4 Å². The molecule has 3 rings (SSSR count). The number of phenols is 1. The number of rotatable bonds is 17. The lowest BCUT2D eigenvalue weighted by molar-refractivity contribution is 0.106. The Morgan fingerprint density at radius 3 is 2.55 bits per heavy atom. The van der Waals surface area contributed by atoms with Crippen molar-refractivity contribution in [1.29, 1.82) is 0 Å². The SMILES string of the molecule is CN(CCOCCCCCCNC[C@H](O)c1ccc(O)c2[nH]c(=O)ccc12)Cc1cccc(S(=O)(=O)NC(C)(C)C)c1. The molecule has 0 saturated carbocycles. The molecule has 2 aromatic carbocycles. The zero-order chi connectivity index (χ0) is 30.8. The number of unbranched alkanes of at least 4 members (excludes halogenated alkanes) is 3. The van der Waals surface area contributed by atoms with E-state index >= 15 is 0 Å². The normalized spacial score (nSPS) is 13.2. The first-order valence-electron chi connectivity index (χ1n) is 14.5. The van der Waals surface area contributed by atoms with Crippen LogP contribution in [0.1, 0.15) is 63.7 Å². The number of likely N-dealkylation sites (N-methyl/N-ethyl adjacent to an activating group) is 1. The topological polar surface area (TPSA) is 144 Å². The first kappa shape index (κ1) is 33.7. The van der Waals surface area contributed by atoms with Crippen LogP contribution in [-0.2, 0) is 21.3 Å². The number of benzene rings is 2. The van der Waals surface area contributed by atoms with Gasteiger partial charge >= 0.3 is 0 Å². The van der Waals surface area contributed by atoms with E-state index in [-0.39, 0.29) is 16.2 Å². The largest absolute Gasteiger partial charge is 0.506 e. The standard InChI is InChI=1S/C31H46N4O6S/c1-31(2,3)34-42(39,40)24-11-9-10-23(20-24)22-35(4)17-19-41-18-8-6-5-7-16-32-21-28(37)25-12-14-27(36)30-26(25)13-15-29(38)33-30/h9-15,20,28,32,34,36-37H,5-8,16-19,21-22H2,1-4H3,(H,33,38)/t28-/m0/s1. The third kappa shape index (κ3) is 10.8. The number of nitrogens with zero attached hydrogens (tertiary/aromatic N) is 1. The summed E-state index contributed by atoms with van der Waals surface area (Å²) in [5.41, 5.74) is 1.08. The van der Waals surface area contributed by atoms with Gasteiger partial charge in [-0.05, 0) is 82.6 Å². The first-order valence-corrected chi connectivity index (χ1v) is 16.0. The zero-order valence-electron chi connectivity index (χ0n) is 25.2. The van der Waals surface area contributed by atoms with Crippen molar-refractivity contribution in [1.82, 2.24) is 19.9 Å². The molecule has 10 nitrogen and oxygen atoms in total. The molecule has 0 aliphatic heterocycles. The van der Waals surface area contributed by atoms with Gasteiger partial charge in [0.25, 0.3) is 0 Å². The Labute approximate surface area is 249 Å². The highest BCUT2D eigenvalue weighted by Crippen LogP contribution is 2.28. The molecule has 0 unspecified atom stereocenters. The van der Waals surface area contributed by atoms with E-state index in [1.54, 1.807) is 30.3 Å². The lowest BCUT2D eigenvalue weighted by Crippen LogP contribution is -2.40. The minimum absolute atomic E-state index is 0.0205. The summed E-state index contributed by atoms with van der Waals surface area (Å²) in [6.07, 6.45) is 3.32. The average molecular weight is 603 g/mol. The van der Waals surface area contributed by atoms with Crippen LogP contribution in [0.4, 0.5) is 0 Å². The van der Waals surface area contributed by atoms with Crippen LogP contribution >= 0.6 is 0 Å². The lowest BCUT2D eigenvalue weighted by Gasteiger charge is -2.21. The smallest absolute Gasteiger partial charge is 0.248 e. The lowest BCUT2D eigenvalue weighted by atomic mass is 10.0. The van der Waals surface area contributed by atoms with E-state index in [1.807, 2.05) is 33.9 Å². The molecule has 0 spiro atoms. The van der Waals surface area contributed by atoms with Crippen molar-refractivity contribution in [2.24, 2.45) is 0 Å². The van der Waals surface area contributed by atoms with E-state index in [0.29, 0.717) is 42.8 Å². The zero-order valence-corrected chi connectivity index (χ0v) is 26.0. The van der Waals surface area contributed by atoms with Gasteiger partial charge in [-0.3, -0.25) is 9.69 Å². The Hall–Kier alpha value is -2.80. The van der Waals surface area contributed by atoms with Crippen LogP contribution in [0.5, 0.6) is 5.75 Å². The van der Waals surface area contributed by atoms with Crippen molar-refractivity contribution in [3.8, 4) is 5.75 Å². The molecule has 232 valence electrons. The summed E-state index contributed by atoms with van der Waals surface area (Å²) in [6, 6.07) is 13.2. The number of hydrogen-bond acceptors (Lipinski definition) is 8. The van der Waals surface area contributed by atoms with Gasteiger partial charge in [0.05, 0.1) is 23.1 Å². The highest BCUT2D eigenvalue weighted by Gasteiger charge is 2.22. The number of sulfonamides is 1. The molecule has 42 heavy (non-hydrogen) atoms. The minimum atomic E-state index is -3.56. The third-order valence-corrected chi connectivity index (χ3v) is 8.47. The average Bonchev–Trinajstić information content (AvgIpc) is 2.91. The second-order valence-corrected chi connectivity index (χ2v) is 13.5. The molecule has 0 saturated heterocycles. The van der Waals surface area contributed by atoms with Crippen LogP contribution in [0, 0.1) is 0 Å². The van der Waals surface area contributed by atoms with E-state index in [0.717, 1.165) is 44.3 Å². The molecule has 3 aromatic rings. The Bertz CT molecular complexity index is 1450. The van der Waals surface area contributed by atoms with Gasteiger partial charge in [0.15, 0.2) is 0 Å². The summed E-state index contributed by atoms with van der Waals surface area (Å²) >= 11 is 0. The summed E-state index contributed by atoms with van der Waals surface area (Å²) in [5, 5.41) is 24.5. The number of aliphatic hydroxyl groups is 1. The molecule has 1 aromatic heterocycles. The second kappa shape index (κ2) is 15.6. The maximum Gasteiger partial charge on any atom is 0.248 e. The van der Waals surface area contributed by atoms with Crippen LogP contribution in [0.15, 0.2) is 58.2 Å². The fourth-order valence-corrected chi connectivity index (χ4v) is 6.18. The highest BCUT2D eigenvalue weighted by molar-refractivity contribution is 7.89. The summed E-state index contributed by atoms with van der Waals surface area (Å²) in [7, 11) is -1.57. The first-order chi connectivity index (χ1) is 19.9. The number of H-pyrrole nitrogens is 1. The summed E-state index contributed by atoms with van der Waals surface area (Å²) in [4.78, 5) is 16.6. The van der Waals surface area contributed by atoms with Crippen molar-refractivity contribution in [2.75, 3.05) is 39.9 Å². The summed E-state index contributed by atoms with van der Waals surface area (Å²) in [6.45, 7) is 9.31. The van der Waals surface area contributed by atoms with Gasteiger partial charge in [-0.25, -0.2) is 13.1 Å². The van der Waals surface area contributed by atoms with Gasteiger partial charge in [0.2, 0.25) is 15.6 Å². The molecule has 5 N–H and O–H groups in total. The number of ether oxygens (including phenoxy) is 1. The molecule has 0 amide bonds. The molecule has 0 radical (unpaired) electrons. The van der Waals surface area contributed by atoms with Gasteiger partial charge in [-0.1, -0.05) is 31.0 Å². The van der Waals surface area contributed by atoms with Crippen molar-refractivity contribution >= 4 is 20.9 Å². The number of aromatic amines is 1. The summed E-state index contributed by atoms with van der Waals surface area (Å²) < 4.78 is 33.7. The molecule has 0 aliphatic carbocycles. The molecule has 11 heteroatoms. The van der Waals surface area contributed by atoms with E-state index in [2.05, 4.69) is 19.9 Å². The predicted molar refractivity (Wildman–Crippen MR) is 166 cm³/mol. The maximum absolute atomic E-state index is 12.6. The van der Waals surface area contributed by atoms with E-state index in [1.165, 1.54) is 12.1 Å². The Balaban J connectivity index is 1.25. The number of phenolic OH excluding ortho intramolecular Hbond substituents is 1. The van der Waals surface area contributed by atoms with Crippen LogP contribution in [0.3, 0.4) is 0 Å².